The summed E-state index contributed by atoms with van der Waals surface area (Å²) in [5.74, 6) is 2.14. The summed E-state index contributed by atoms with van der Waals surface area (Å²) >= 11 is 0. The Morgan fingerprint density at radius 1 is 1.30 bits per heavy atom. The predicted molar refractivity (Wildman–Crippen MR) is 85.5 cm³/mol. The molecule has 2 saturated heterocycles. The standard InChI is InChI=1S/C17H20N4O2/c1-13-4-5-16(20-19-13)21-11-17(12-21)14(6-8-23-17)10-22-15-3-2-7-18-9-15/h2-5,7,9,14H,6,8,10-12H2,1H3/t14-/m1/s1. The lowest BCUT2D eigenvalue weighted by Crippen LogP contribution is -2.66. The summed E-state index contributed by atoms with van der Waals surface area (Å²) in [5.41, 5.74) is 0.832. The molecule has 2 aliphatic rings. The highest BCUT2D eigenvalue weighted by atomic mass is 16.5. The van der Waals surface area contributed by atoms with E-state index in [1.54, 1.807) is 12.4 Å². The Hall–Kier alpha value is -2.21. The predicted octanol–water partition coefficient (Wildman–Crippen LogP) is 1.85. The molecule has 2 aromatic heterocycles. The number of aryl methyl sites for hydroxylation is 1. The Bertz CT molecular complexity index is 656. The van der Waals surface area contributed by atoms with E-state index in [4.69, 9.17) is 9.47 Å². The number of hydrogen-bond donors (Lipinski definition) is 0. The topological polar surface area (TPSA) is 60.4 Å². The molecular weight excluding hydrogens is 292 g/mol. The van der Waals surface area contributed by atoms with Gasteiger partial charge in [0.1, 0.15) is 11.4 Å². The van der Waals surface area contributed by atoms with Crippen molar-refractivity contribution in [3.05, 3.63) is 42.4 Å². The fraction of sp³-hybridized carbons (Fsp3) is 0.471. The first-order valence-electron chi connectivity index (χ1n) is 7.97. The van der Waals surface area contributed by atoms with Crippen LogP contribution in [0.5, 0.6) is 5.75 Å². The number of aromatic nitrogens is 3. The third-order valence-corrected chi connectivity index (χ3v) is 4.71. The zero-order valence-electron chi connectivity index (χ0n) is 13.2. The van der Waals surface area contributed by atoms with Gasteiger partial charge in [-0.3, -0.25) is 4.98 Å². The largest absolute Gasteiger partial charge is 0.492 e. The average molecular weight is 312 g/mol. The van der Waals surface area contributed by atoms with Crippen LogP contribution >= 0.6 is 0 Å². The van der Waals surface area contributed by atoms with Crippen molar-refractivity contribution >= 4 is 5.82 Å². The molecule has 2 fully saturated rings. The van der Waals surface area contributed by atoms with E-state index >= 15 is 0 Å². The van der Waals surface area contributed by atoms with Gasteiger partial charge >= 0.3 is 0 Å². The van der Waals surface area contributed by atoms with Crippen molar-refractivity contribution in [2.75, 3.05) is 31.2 Å². The van der Waals surface area contributed by atoms with Crippen LogP contribution in [0.1, 0.15) is 12.1 Å². The van der Waals surface area contributed by atoms with E-state index in [2.05, 4.69) is 20.1 Å². The van der Waals surface area contributed by atoms with Crippen molar-refractivity contribution in [2.45, 2.75) is 18.9 Å². The van der Waals surface area contributed by atoms with Gasteiger partial charge in [0.05, 0.1) is 31.6 Å². The van der Waals surface area contributed by atoms with E-state index in [0.29, 0.717) is 12.5 Å². The first kappa shape index (κ1) is 14.4. The monoisotopic (exact) mass is 312 g/mol. The summed E-state index contributed by atoms with van der Waals surface area (Å²) in [6, 6.07) is 7.83. The number of anilines is 1. The van der Waals surface area contributed by atoms with E-state index in [0.717, 1.165) is 43.4 Å². The normalized spacial score (nSPS) is 22.1. The minimum absolute atomic E-state index is 0.102. The van der Waals surface area contributed by atoms with Gasteiger partial charge in [-0.05, 0) is 37.6 Å². The van der Waals surface area contributed by atoms with Gasteiger partial charge in [0, 0.05) is 18.7 Å². The number of ether oxygens (including phenoxy) is 2. The number of pyridine rings is 1. The van der Waals surface area contributed by atoms with Crippen LogP contribution in [0, 0.1) is 12.8 Å². The Morgan fingerprint density at radius 3 is 2.96 bits per heavy atom. The van der Waals surface area contributed by atoms with Crippen LogP contribution in [0.2, 0.25) is 0 Å². The third kappa shape index (κ3) is 2.74. The van der Waals surface area contributed by atoms with Gasteiger partial charge in [-0.1, -0.05) is 0 Å². The van der Waals surface area contributed by atoms with Gasteiger partial charge in [-0.25, -0.2) is 0 Å². The maximum atomic E-state index is 6.07. The Labute approximate surface area is 135 Å². The quantitative estimate of drug-likeness (QED) is 0.859. The second kappa shape index (κ2) is 5.77. The molecule has 6 heteroatoms. The average Bonchev–Trinajstić information content (AvgIpc) is 2.97. The molecule has 0 amide bonds. The molecule has 0 N–H and O–H groups in total. The fourth-order valence-corrected chi connectivity index (χ4v) is 3.32. The van der Waals surface area contributed by atoms with Crippen LogP contribution < -0.4 is 9.64 Å². The van der Waals surface area contributed by atoms with E-state index in [1.807, 2.05) is 31.2 Å². The number of nitrogens with zero attached hydrogens (tertiary/aromatic N) is 4. The van der Waals surface area contributed by atoms with Gasteiger partial charge in [0.25, 0.3) is 0 Å². The van der Waals surface area contributed by atoms with Crippen molar-refractivity contribution in [2.24, 2.45) is 5.92 Å². The van der Waals surface area contributed by atoms with Gasteiger partial charge in [0.15, 0.2) is 5.82 Å². The zero-order chi connectivity index (χ0) is 15.7. The van der Waals surface area contributed by atoms with Gasteiger partial charge in [0.2, 0.25) is 0 Å². The summed E-state index contributed by atoms with van der Waals surface area (Å²) in [5, 5.41) is 8.38. The lowest BCUT2D eigenvalue weighted by molar-refractivity contribution is -0.0527. The van der Waals surface area contributed by atoms with Crippen LogP contribution in [0.25, 0.3) is 0 Å². The molecule has 2 aliphatic heterocycles. The molecule has 23 heavy (non-hydrogen) atoms. The molecule has 0 saturated carbocycles. The zero-order valence-corrected chi connectivity index (χ0v) is 13.2. The minimum atomic E-state index is -0.102. The summed E-state index contributed by atoms with van der Waals surface area (Å²) in [6.45, 7) is 5.12. The molecule has 1 atom stereocenters. The second-order valence-corrected chi connectivity index (χ2v) is 6.29. The molecule has 0 aliphatic carbocycles. The SMILES string of the molecule is Cc1ccc(N2CC3(C2)OCC[C@@H]3COc2cccnc2)nn1. The molecule has 120 valence electrons. The highest BCUT2D eigenvalue weighted by Gasteiger charge is 2.53. The lowest BCUT2D eigenvalue weighted by Gasteiger charge is -2.50. The van der Waals surface area contributed by atoms with Crippen molar-refractivity contribution in [3.63, 3.8) is 0 Å². The molecule has 1 spiro atoms. The smallest absolute Gasteiger partial charge is 0.151 e. The highest BCUT2D eigenvalue weighted by molar-refractivity contribution is 5.43. The van der Waals surface area contributed by atoms with Crippen LogP contribution in [0.15, 0.2) is 36.7 Å². The van der Waals surface area contributed by atoms with Crippen molar-refractivity contribution in [3.8, 4) is 5.75 Å². The van der Waals surface area contributed by atoms with Crippen LogP contribution in [0.4, 0.5) is 5.82 Å². The molecule has 4 heterocycles. The molecule has 6 nitrogen and oxygen atoms in total. The number of rotatable bonds is 4. The van der Waals surface area contributed by atoms with Crippen molar-refractivity contribution in [1.82, 2.24) is 15.2 Å². The van der Waals surface area contributed by atoms with E-state index < -0.39 is 0 Å². The highest BCUT2D eigenvalue weighted by Crippen LogP contribution is 2.41. The fourth-order valence-electron chi connectivity index (χ4n) is 3.32. The Kier molecular flexibility index (Phi) is 3.61. The van der Waals surface area contributed by atoms with Gasteiger partial charge in [-0.15, -0.1) is 5.10 Å². The minimum Gasteiger partial charge on any atom is -0.492 e. The van der Waals surface area contributed by atoms with Crippen LogP contribution in [-0.4, -0.2) is 47.1 Å². The summed E-state index contributed by atoms with van der Waals surface area (Å²) in [7, 11) is 0. The first-order valence-corrected chi connectivity index (χ1v) is 7.97. The summed E-state index contributed by atoms with van der Waals surface area (Å²) in [4.78, 5) is 6.30. The Morgan fingerprint density at radius 2 is 2.22 bits per heavy atom. The molecule has 4 rings (SSSR count). The third-order valence-electron chi connectivity index (χ3n) is 4.71. The van der Waals surface area contributed by atoms with E-state index in [9.17, 15) is 0 Å². The van der Waals surface area contributed by atoms with Gasteiger partial charge < -0.3 is 14.4 Å². The molecule has 0 unspecified atom stereocenters. The van der Waals surface area contributed by atoms with E-state index in [1.165, 1.54) is 0 Å². The molecule has 0 bridgehead atoms. The molecule has 2 aromatic rings. The van der Waals surface area contributed by atoms with Gasteiger partial charge in [-0.2, -0.15) is 5.10 Å². The van der Waals surface area contributed by atoms with Crippen LogP contribution in [-0.2, 0) is 4.74 Å². The maximum Gasteiger partial charge on any atom is 0.151 e. The molecule has 0 aromatic carbocycles. The van der Waals surface area contributed by atoms with E-state index in [-0.39, 0.29) is 5.60 Å². The maximum absolute atomic E-state index is 6.07. The van der Waals surface area contributed by atoms with Crippen molar-refractivity contribution in [1.29, 1.82) is 0 Å². The summed E-state index contributed by atoms with van der Waals surface area (Å²) in [6.07, 6.45) is 4.53. The van der Waals surface area contributed by atoms with Crippen LogP contribution in [0.3, 0.4) is 0 Å². The summed E-state index contributed by atoms with van der Waals surface area (Å²) < 4.78 is 12.0. The Balaban J connectivity index is 1.38. The van der Waals surface area contributed by atoms with Crippen molar-refractivity contribution < 1.29 is 9.47 Å². The lowest BCUT2D eigenvalue weighted by atomic mass is 9.81. The molecular formula is C17H20N4O2. The molecule has 0 radical (unpaired) electrons. The first-order chi connectivity index (χ1) is 11.3. The number of hydrogen-bond acceptors (Lipinski definition) is 6. The second-order valence-electron chi connectivity index (χ2n) is 6.29.